The van der Waals surface area contributed by atoms with E-state index in [0.717, 1.165) is 5.70 Å². The predicted molar refractivity (Wildman–Crippen MR) is 50.5 cm³/mol. The van der Waals surface area contributed by atoms with Crippen LogP contribution in [0.25, 0.3) is 0 Å². The van der Waals surface area contributed by atoms with E-state index in [2.05, 4.69) is 0 Å². The topological polar surface area (TPSA) is 46.3 Å². The van der Waals surface area contributed by atoms with Crippen molar-refractivity contribution in [3.8, 4) is 0 Å². The van der Waals surface area contributed by atoms with Crippen LogP contribution in [0.2, 0.25) is 0 Å². The van der Waals surface area contributed by atoms with Crippen LogP contribution in [-0.2, 0) is 4.79 Å². The number of carbonyl (C=O) groups is 1. The quantitative estimate of drug-likeness (QED) is 0.687. The van der Waals surface area contributed by atoms with E-state index >= 15 is 0 Å². The van der Waals surface area contributed by atoms with Gasteiger partial charge in [-0.1, -0.05) is 0 Å². The Kier molecular flexibility index (Phi) is 4.40. The molecular weight excluding hydrogens is 152 g/mol. The average Bonchev–Trinajstić information content (AvgIpc) is 1.83. The van der Waals surface area contributed by atoms with Crippen molar-refractivity contribution in [2.45, 2.75) is 33.7 Å². The van der Waals surface area contributed by atoms with Crippen LogP contribution < -0.4 is 5.73 Å². The number of hydrogen-bond donors (Lipinski definition) is 1. The fourth-order valence-electron chi connectivity index (χ4n) is 0.896. The standard InChI is InChI=1S/C9H18N2O/c1-7(2)11(5-8(3)10)6-9(4)12/h5,7H,6,10H2,1-4H3/b8-5+. The van der Waals surface area contributed by atoms with E-state index in [0.29, 0.717) is 12.6 Å². The summed E-state index contributed by atoms with van der Waals surface area (Å²) in [4.78, 5) is 12.8. The van der Waals surface area contributed by atoms with Crippen LogP contribution in [0, 0.1) is 0 Å². The number of carbonyl (C=O) groups excluding carboxylic acids is 1. The van der Waals surface area contributed by atoms with E-state index in [-0.39, 0.29) is 5.78 Å². The van der Waals surface area contributed by atoms with Crippen molar-refractivity contribution < 1.29 is 4.79 Å². The molecule has 12 heavy (non-hydrogen) atoms. The maximum atomic E-state index is 10.8. The van der Waals surface area contributed by atoms with Gasteiger partial charge >= 0.3 is 0 Å². The molecule has 0 aromatic carbocycles. The third kappa shape index (κ3) is 4.77. The van der Waals surface area contributed by atoms with E-state index in [1.54, 1.807) is 6.92 Å². The monoisotopic (exact) mass is 170 g/mol. The van der Waals surface area contributed by atoms with Crippen LogP contribution in [0.3, 0.4) is 0 Å². The number of nitrogens with zero attached hydrogens (tertiary/aromatic N) is 1. The lowest BCUT2D eigenvalue weighted by Gasteiger charge is -2.23. The predicted octanol–water partition coefficient (Wildman–Crippen LogP) is 1.11. The summed E-state index contributed by atoms with van der Waals surface area (Å²) in [5, 5.41) is 0. The third-order valence-electron chi connectivity index (χ3n) is 1.44. The molecule has 0 radical (unpaired) electrons. The second kappa shape index (κ2) is 4.80. The maximum absolute atomic E-state index is 10.8. The van der Waals surface area contributed by atoms with Gasteiger partial charge in [-0.25, -0.2) is 0 Å². The van der Waals surface area contributed by atoms with Gasteiger partial charge in [0.1, 0.15) is 5.78 Å². The number of ketones is 1. The van der Waals surface area contributed by atoms with Crippen LogP contribution in [0.5, 0.6) is 0 Å². The molecule has 0 bridgehead atoms. The average molecular weight is 170 g/mol. The lowest BCUT2D eigenvalue weighted by molar-refractivity contribution is -0.117. The summed E-state index contributed by atoms with van der Waals surface area (Å²) < 4.78 is 0. The van der Waals surface area contributed by atoms with Crippen molar-refractivity contribution in [3.63, 3.8) is 0 Å². The molecule has 0 saturated heterocycles. The zero-order valence-electron chi connectivity index (χ0n) is 8.29. The largest absolute Gasteiger partial charge is 0.401 e. The first kappa shape index (κ1) is 11.0. The highest BCUT2D eigenvalue weighted by molar-refractivity contribution is 5.77. The maximum Gasteiger partial charge on any atom is 0.149 e. The first-order valence-electron chi connectivity index (χ1n) is 4.12. The molecule has 0 saturated carbocycles. The second-order valence-corrected chi connectivity index (χ2v) is 3.34. The SMILES string of the molecule is CC(=O)CN(/C=C(\C)N)C(C)C. The van der Waals surface area contributed by atoms with E-state index in [4.69, 9.17) is 5.73 Å². The van der Waals surface area contributed by atoms with Gasteiger partial charge in [-0.2, -0.15) is 0 Å². The summed E-state index contributed by atoms with van der Waals surface area (Å²) >= 11 is 0. The Morgan fingerprint density at radius 3 is 2.25 bits per heavy atom. The molecule has 0 amide bonds. The first-order chi connectivity index (χ1) is 5.43. The van der Waals surface area contributed by atoms with E-state index in [9.17, 15) is 4.79 Å². The number of nitrogens with two attached hydrogens (primary N) is 1. The summed E-state index contributed by atoms with van der Waals surface area (Å²) in [6.07, 6.45) is 1.81. The molecule has 0 fully saturated rings. The highest BCUT2D eigenvalue weighted by Crippen LogP contribution is 2.00. The fourth-order valence-corrected chi connectivity index (χ4v) is 0.896. The van der Waals surface area contributed by atoms with E-state index in [1.165, 1.54) is 0 Å². The van der Waals surface area contributed by atoms with Gasteiger partial charge in [0.05, 0.1) is 6.54 Å². The summed E-state index contributed by atoms with van der Waals surface area (Å²) in [7, 11) is 0. The normalized spacial score (nSPS) is 11.9. The van der Waals surface area contributed by atoms with Crippen molar-refractivity contribution in [3.05, 3.63) is 11.9 Å². The van der Waals surface area contributed by atoms with Crippen molar-refractivity contribution in [1.29, 1.82) is 0 Å². The first-order valence-corrected chi connectivity index (χ1v) is 4.12. The van der Waals surface area contributed by atoms with E-state index in [1.807, 2.05) is 31.9 Å². The number of rotatable bonds is 4. The molecule has 0 rings (SSSR count). The molecule has 0 heterocycles. The van der Waals surface area contributed by atoms with Crippen LogP contribution in [-0.4, -0.2) is 23.3 Å². The van der Waals surface area contributed by atoms with Crippen molar-refractivity contribution in [1.82, 2.24) is 4.90 Å². The third-order valence-corrected chi connectivity index (χ3v) is 1.44. The molecule has 0 spiro atoms. The highest BCUT2D eigenvalue weighted by atomic mass is 16.1. The molecule has 70 valence electrons. The molecule has 0 aliphatic carbocycles. The van der Waals surface area contributed by atoms with Gasteiger partial charge in [0, 0.05) is 17.9 Å². The summed E-state index contributed by atoms with van der Waals surface area (Å²) in [5.41, 5.74) is 6.24. The molecule has 0 atom stereocenters. The lowest BCUT2D eigenvalue weighted by Crippen LogP contribution is -2.30. The Morgan fingerprint density at radius 1 is 1.50 bits per heavy atom. The van der Waals surface area contributed by atoms with Gasteiger partial charge in [-0.3, -0.25) is 4.79 Å². The molecule has 3 nitrogen and oxygen atoms in total. The van der Waals surface area contributed by atoms with Crippen LogP contribution in [0.15, 0.2) is 11.9 Å². The summed E-state index contributed by atoms with van der Waals surface area (Å²) in [5.74, 6) is 0.154. The minimum atomic E-state index is 0.154. The van der Waals surface area contributed by atoms with Crippen LogP contribution >= 0.6 is 0 Å². The molecular formula is C9H18N2O. The zero-order chi connectivity index (χ0) is 9.72. The van der Waals surface area contributed by atoms with Gasteiger partial charge in [0.2, 0.25) is 0 Å². The van der Waals surface area contributed by atoms with Crippen molar-refractivity contribution >= 4 is 5.78 Å². The van der Waals surface area contributed by atoms with Gasteiger partial charge < -0.3 is 10.6 Å². The number of allylic oxidation sites excluding steroid dienone is 1. The van der Waals surface area contributed by atoms with Crippen LogP contribution in [0.1, 0.15) is 27.7 Å². The Labute approximate surface area is 74.2 Å². The van der Waals surface area contributed by atoms with Crippen molar-refractivity contribution in [2.24, 2.45) is 5.73 Å². The van der Waals surface area contributed by atoms with Crippen molar-refractivity contribution in [2.75, 3.05) is 6.54 Å². The minimum Gasteiger partial charge on any atom is -0.401 e. The highest BCUT2D eigenvalue weighted by Gasteiger charge is 2.06. The fraction of sp³-hybridized carbons (Fsp3) is 0.667. The Bertz CT molecular complexity index is 181. The summed E-state index contributed by atoms with van der Waals surface area (Å²) in [6, 6.07) is 0.312. The zero-order valence-corrected chi connectivity index (χ0v) is 8.29. The molecule has 2 N–H and O–H groups in total. The molecule has 0 aliphatic rings. The molecule has 0 aromatic rings. The number of hydrogen-bond acceptors (Lipinski definition) is 3. The van der Waals surface area contributed by atoms with Crippen LogP contribution in [0.4, 0.5) is 0 Å². The Hall–Kier alpha value is -0.990. The van der Waals surface area contributed by atoms with Gasteiger partial charge in [0.25, 0.3) is 0 Å². The Balaban J connectivity index is 4.24. The Morgan fingerprint density at radius 2 is 2.00 bits per heavy atom. The van der Waals surface area contributed by atoms with E-state index < -0.39 is 0 Å². The van der Waals surface area contributed by atoms with Gasteiger partial charge in [-0.15, -0.1) is 0 Å². The second-order valence-electron chi connectivity index (χ2n) is 3.34. The summed E-state index contributed by atoms with van der Waals surface area (Å²) in [6.45, 7) is 7.89. The van der Waals surface area contributed by atoms with Gasteiger partial charge in [-0.05, 0) is 27.7 Å². The molecule has 3 heteroatoms. The molecule has 0 aliphatic heterocycles. The molecule has 0 aromatic heterocycles. The lowest BCUT2D eigenvalue weighted by atomic mass is 10.3. The number of Topliss-reactive ketones (excluding diaryl/α,β-unsaturated/α-hetero) is 1. The van der Waals surface area contributed by atoms with Gasteiger partial charge in [0.15, 0.2) is 0 Å². The minimum absolute atomic E-state index is 0.154. The molecule has 0 unspecified atom stereocenters. The smallest absolute Gasteiger partial charge is 0.149 e.